The fourth-order valence-electron chi connectivity index (χ4n) is 4.40. The number of fused-ring (bicyclic) bond motifs is 1. The molecule has 1 N–H and O–H groups in total. The van der Waals surface area contributed by atoms with E-state index in [4.69, 9.17) is 4.74 Å². The van der Waals surface area contributed by atoms with E-state index in [1.807, 2.05) is 0 Å². The van der Waals surface area contributed by atoms with E-state index in [9.17, 15) is 22.7 Å². The van der Waals surface area contributed by atoms with Gasteiger partial charge in [-0.05, 0) is 32.0 Å². The van der Waals surface area contributed by atoms with Crippen molar-refractivity contribution >= 4 is 26.7 Å². The predicted octanol–water partition coefficient (Wildman–Crippen LogP) is 3.74. The molecule has 4 rings (SSSR count). The lowest BCUT2D eigenvalue weighted by Crippen LogP contribution is -2.47. The fraction of sp³-hybridized carbons (Fsp3) is 0.458. The van der Waals surface area contributed by atoms with E-state index >= 15 is 0 Å². The number of rotatable bonds is 8. The lowest BCUT2D eigenvalue weighted by Gasteiger charge is -2.37. The van der Waals surface area contributed by atoms with Crippen LogP contribution < -0.4 is 4.74 Å². The monoisotopic (exact) mass is 489 g/mol. The number of hydrogen-bond acceptors (Lipinski definition) is 7. The summed E-state index contributed by atoms with van der Waals surface area (Å²) in [6.07, 6.45) is -0.628. The van der Waals surface area contributed by atoms with Crippen molar-refractivity contribution < 1.29 is 27.4 Å². The molecule has 0 radical (unpaired) electrons. The molecule has 2 aromatic heterocycles. The van der Waals surface area contributed by atoms with Gasteiger partial charge in [0.1, 0.15) is 17.0 Å². The molecule has 3 aromatic rings. The van der Waals surface area contributed by atoms with Crippen LogP contribution in [0.4, 0.5) is 4.39 Å². The molecule has 1 aliphatic heterocycles. The molecular formula is C24H28FN3O5S. The maximum atomic E-state index is 13.3. The molecule has 0 saturated carbocycles. The molecule has 8 nitrogen and oxygen atoms in total. The number of ketones is 1. The molecule has 34 heavy (non-hydrogen) atoms. The number of nitrogens with zero attached hydrogens (tertiary/aromatic N) is 3. The maximum absolute atomic E-state index is 13.3. The first-order valence-electron chi connectivity index (χ1n) is 11.1. The minimum Gasteiger partial charge on any atom is -0.461 e. The number of benzene rings is 1. The zero-order chi connectivity index (χ0) is 24.8. The predicted molar refractivity (Wildman–Crippen MR) is 126 cm³/mol. The molecule has 0 aliphatic carbocycles. The van der Waals surface area contributed by atoms with Gasteiger partial charge in [0.15, 0.2) is 15.6 Å². The number of pyridine rings is 1. The Kier molecular flexibility index (Phi) is 6.24. The van der Waals surface area contributed by atoms with Gasteiger partial charge in [0.25, 0.3) is 0 Å². The van der Waals surface area contributed by atoms with Gasteiger partial charge in [0.05, 0.1) is 29.2 Å². The Morgan fingerprint density at radius 3 is 2.59 bits per heavy atom. The highest BCUT2D eigenvalue weighted by Crippen LogP contribution is 2.37. The van der Waals surface area contributed by atoms with Crippen molar-refractivity contribution in [3.63, 3.8) is 0 Å². The normalized spacial score (nSPS) is 19.2. The number of carbonyl (C=O) groups is 1. The van der Waals surface area contributed by atoms with Crippen molar-refractivity contribution in [2.24, 2.45) is 5.41 Å². The van der Waals surface area contributed by atoms with Crippen molar-refractivity contribution in [2.45, 2.75) is 52.6 Å². The number of sulfone groups is 1. The van der Waals surface area contributed by atoms with E-state index in [0.717, 1.165) is 0 Å². The zero-order valence-electron chi connectivity index (χ0n) is 19.5. The Bertz CT molecular complexity index is 1340. The van der Waals surface area contributed by atoms with Crippen LogP contribution in [0, 0.1) is 5.41 Å². The van der Waals surface area contributed by atoms with Crippen LogP contribution in [0.5, 0.6) is 5.75 Å². The highest BCUT2D eigenvalue weighted by Gasteiger charge is 2.45. The topological polar surface area (TPSA) is 111 Å². The summed E-state index contributed by atoms with van der Waals surface area (Å²) in [5.41, 5.74) is 2.02. The number of alkyl halides is 1. The molecule has 1 saturated heterocycles. The summed E-state index contributed by atoms with van der Waals surface area (Å²) in [7, 11) is -3.06. The molecule has 0 spiro atoms. The second-order valence-corrected chi connectivity index (χ2v) is 11.6. The highest BCUT2D eigenvalue weighted by molar-refractivity contribution is 7.92. The highest BCUT2D eigenvalue weighted by atomic mass is 32.2. The van der Waals surface area contributed by atoms with Gasteiger partial charge in [-0.25, -0.2) is 12.8 Å². The standard InChI is InChI=1S/C24H28FN3O5S/c1-14(15(2)29)28-20-9-18(21(30)10-24(4)12-34(31,32)13-24)11-26-23(20)22(27-28)17-6-5-7-19(8-17)33-16(3)25/h5-9,11,14-16,29H,10,12-13H2,1-4H3/t14-,15-,16?/m0/s1. The molecule has 1 unspecified atom stereocenters. The average Bonchev–Trinajstić information content (AvgIpc) is 3.09. The van der Waals surface area contributed by atoms with Crippen LogP contribution in [0.3, 0.4) is 0 Å². The fourth-order valence-corrected chi connectivity index (χ4v) is 6.64. The lowest BCUT2D eigenvalue weighted by atomic mass is 9.86. The summed E-state index contributed by atoms with van der Waals surface area (Å²) in [6, 6.07) is 8.09. The number of Topliss-reactive ketones (excluding diaryl/α,β-unsaturated/α-hetero) is 1. The molecule has 3 heterocycles. The third-order valence-electron chi connectivity index (χ3n) is 6.08. The van der Waals surface area contributed by atoms with Gasteiger partial charge < -0.3 is 9.84 Å². The molecule has 0 amide bonds. The summed E-state index contributed by atoms with van der Waals surface area (Å²) >= 11 is 0. The Hall–Kier alpha value is -2.85. The molecule has 1 aromatic carbocycles. The van der Waals surface area contributed by atoms with Gasteiger partial charge in [0.2, 0.25) is 6.36 Å². The van der Waals surface area contributed by atoms with E-state index in [0.29, 0.717) is 33.6 Å². The average molecular weight is 490 g/mol. The van der Waals surface area contributed by atoms with Crippen LogP contribution in [-0.2, 0) is 9.84 Å². The summed E-state index contributed by atoms with van der Waals surface area (Å²) in [5, 5.41) is 14.9. The second kappa shape index (κ2) is 8.74. The first kappa shape index (κ1) is 24.3. The maximum Gasteiger partial charge on any atom is 0.235 e. The van der Waals surface area contributed by atoms with Crippen LogP contribution in [0.25, 0.3) is 22.3 Å². The number of aliphatic hydroxyl groups is 1. The van der Waals surface area contributed by atoms with E-state index in [2.05, 4.69) is 10.1 Å². The number of halogens is 1. The Morgan fingerprint density at radius 2 is 1.97 bits per heavy atom. The minimum absolute atomic E-state index is 0.00152. The van der Waals surface area contributed by atoms with Gasteiger partial charge in [-0.3, -0.25) is 14.5 Å². The smallest absolute Gasteiger partial charge is 0.235 e. The SMILES string of the molecule is CC(F)Oc1cccc(-c2nn([C@@H](C)[C@H](C)O)c3cc(C(=O)CC4(C)CS(=O)(=O)C4)cnc23)c1. The molecule has 1 aliphatic rings. The Morgan fingerprint density at radius 1 is 1.26 bits per heavy atom. The van der Waals surface area contributed by atoms with Crippen LogP contribution in [0.15, 0.2) is 36.5 Å². The quantitative estimate of drug-likeness (QED) is 0.480. The van der Waals surface area contributed by atoms with Gasteiger partial charge in [-0.2, -0.15) is 5.10 Å². The molecule has 182 valence electrons. The van der Waals surface area contributed by atoms with Crippen LogP contribution in [0.2, 0.25) is 0 Å². The third-order valence-corrected chi connectivity index (χ3v) is 8.36. The van der Waals surface area contributed by atoms with Crippen molar-refractivity contribution in [3.05, 3.63) is 42.1 Å². The van der Waals surface area contributed by atoms with Crippen LogP contribution >= 0.6 is 0 Å². The number of aliphatic hydroxyl groups excluding tert-OH is 1. The zero-order valence-corrected chi connectivity index (χ0v) is 20.3. The van der Waals surface area contributed by atoms with Crippen molar-refractivity contribution in [1.29, 1.82) is 0 Å². The number of hydrogen-bond donors (Lipinski definition) is 1. The molecular weight excluding hydrogens is 461 g/mol. The first-order chi connectivity index (χ1) is 15.9. The second-order valence-electron chi connectivity index (χ2n) is 9.50. The van der Waals surface area contributed by atoms with E-state index in [1.165, 1.54) is 13.1 Å². The first-order valence-corrected chi connectivity index (χ1v) is 12.9. The van der Waals surface area contributed by atoms with Crippen molar-refractivity contribution in [1.82, 2.24) is 14.8 Å². The summed E-state index contributed by atoms with van der Waals surface area (Å²) in [4.78, 5) is 17.5. The number of ether oxygens (including phenoxy) is 1. The summed E-state index contributed by atoms with van der Waals surface area (Å²) in [5.74, 6) is 0.143. The van der Waals surface area contributed by atoms with Crippen LogP contribution in [-0.4, -0.2) is 58.0 Å². The summed E-state index contributed by atoms with van der Waals surface area (Å²) in [6.45, 7) is 6.54. The van der Waals surface area contributed by atoms with E-state index in [-0.39, 0.29) is 23.7 Å². The number of carbonyl (C=O) groups excluding carboxylic acids is 1. The van der Waals surface area contributed by atoms with Gasteiger partial charge >= 0.3 is 0 Å². The van der Waals surface area contributed by atoms with E-state index in [1.54, 1.807) is 55.8 Å². The Labute approximate surface area is 197 Å². The van der Waals surface area contributed by atoms with Gasteiger partial charge in [-0.1, -0.05) is 19.1 Å². The minimum atomic E-state index is -3.06. The third kappa shape index (κ3) is 4.83. The molecule has 3 atom stereocenters. The summed E-state index contributed by atoms with van der Waals surface area (Å²) < 4.78 is 43.3. The largest absolute Gasteiger partial charge is 0.461 e. The molecule has 1 fully saturated rings. The molecule has 10 heteroatoms. The van der Waals surface area contributed by atoms with E-state index < -0.39 is 33.8 Å². The molecule has 0 bridgehead atoms. The van der Waals surface area contributed by atoms with Gasteiger partial charge in [0, 0.05) is 36.1 Å². The van der Waals surface area contributed by atoms with Crippen molar-refractivity contribution in [3.8, 4) is 17.0 Å². The van der Waals surface area contributed by atoms with Gasteiger partial charge in [-0.15, -0.1) is 0 Å². The van der Waals surface area contributed by atoms with Crippen LogP contribution in [0.1, 0.15) is 50.5 Å². The number of aromatic nitrogens is 3. The van der Waals surface area contributed by atoms with Crippen molar-refractivity contribution in [2.75, 3.05) is 11.5 Å². The Balaban J connectivity index is 1.75. The lowest BCUT2D eigenvalue weighted by molar-refractivity contribution is 0.0860.